The number of benzene rings is 1. The Labute approximate surface area is 121 Å². The van der Waals surface area contributed by atoms with Crippen molar-refractivity contribution in [3.8, 4) is 0 Å². The van der Waals surface area contributed by atoms with Crippen LogP contribution in [0.5, 0.6) is 0 Å². The van der Waals surface area contributed by atoms with Gasteiger partial charge in [0, 0.05) is 13.2 Å². The van der Waals surface area contributed by atoms with Crippen molar-refractivity contribution in [3.05, 3.63) is 35.6 Å². The lowest BCUT2D eigenvalue weighted by Gasteiger charge is -2.19. The quantitative estimate of drug-likeness (QED) is 0.780. The van der Waals surface area contributed by atoms with Crippen molar-refractivity contribution in [1.82, 2.24) is 5.32 Å². The van der Waals surface area contributed by atoms with Gasteiger partial charge in [0.2, 0.25) is 0 Å². The number of ether oxygens (including phenoxy) is 1. The van der Waals surface area contributed by atoms with Gasteiger partial charge in [-0.2, -0.15) is 0 Å². The molecule has 1 aromatic carbocycles. The van der Waals surface area contributed by atoms with Crippen molar-refractivity contribution in [2.24, 2.45) is 0 Å². The van der Waals surface area contributed by atoms with Crippen LogP contribution in [-0.2, 0) is 4.74 Å². The summed E-state index contributed by atoms with van der Waals surface area (Å²) >= 11 is 0. The molecule has 0 aromatic heterocycles. The molecule has 20 heavy (non-hydrogen) atoms. The van der Waals surface area contributed by atoms with Crippen LogP contribution in [-0.4, -0.2) is 25.8 Å². The zero-order chi connectivity index (χ0) is 14.2. The molecule has 0 spiro atoms. The second-order valence-electron chi connectivity index (χ2n) is 5.63. The van der Waals surface area contributed by atoms with Crippen LogP contribution in [0, 0.1) is 5.82 Å². The average molecular weight is 279 g/mol. The van der Waals surface area contributed by atoms with Gasteiger partial charge in [-0.25, -0.2) is 4.39 Å². The highest BCUT2D eigenvalue weighted by Gasteiger charge is 2.17. The number of hydrogen-bond acceptors (Lipinski definition) is 2. The zero-order valence-corrected chi connectivity index (χ0v) is 12.4. The highest BCUT2D eigenvalue weighted by atomic mass is 19.1. The first kappa shape index (κ1) is 15.5. The lowest BCUT2D eigenvalue weighted by molar-refractivity contribution is 0.101. The topological polar surface area (TPSA) is 21.3 Å². The maximum atomic E-state index is 13.4. The minimum absolute atomic E-state index is 0.136. The van der Waals surface area contributed by atoms with Gasteiger partial charge in [0.25, 0.3) is 0 Å². The van der Waals surface area contributed by atoms with Gasteiger partial charge >= 0.3 is 0 Å². The summed E-state index contributed by atoms with van der Waals surface area (Å²) < 4.78 is 19.0. The fraction of sp³-hybridized carbons (Fsp3) is 0.647. The first-order chi connectivity index (χ1) is 9.79. The summed E-state index contributed by atoms with van der Waals surface area (Å²) in [5.41, 5.74) is 1.11. The lowest BCUT2D eigenvalue weighted by atomic mass is 9.92. The Morgan fingerprint density at radius 1 is 1.45 bits per heavy atom. The van der Waals surface area contributed by atoms with Crippen LogP contribution in [0.2, 0.25) is 0 Å². The summed E-state index contributed by atoms with van der Waals surface area (Å²) in [7, 11) is 0. The first-order valence-electron chi connectivity index (χ1n) is 7.87. The molecule has 0 amide bonds. The van der Waals surface area contributed by atoms with Crippen LogP contribution in [0.25, 0.3) is 0 Å². The van der Waals surface area contributed by atoms with Gasteiger partial charge in [-0.3, -0.25) is 0 Å². The van der Waals surface area contributed by atoms with Crippen molar-refractivity contribution in [2.45, 2.75) is 51.0 Å². The van der Waals surface area contributed by atoms with Crippen LogP contribution in [0.1, 0.15) is 50.5 Å². The average Bonchev–Trinajstić information content (AvgIpc) is 2.96. The number of nitrogens with one attached hydrogen (secondary N) is 1. The van der Waals surface area contributed by atoms with Crippen LogP contribution in [0.15, 0.2) is 24.3 Å². The molecule has 2 unspecified atom stereocenters. The molecule has 1 heterocycles. The summed E-state index contributed by atoms with van der Waals surface area (Å²) in [6.07, 6.45) is 6.25. The predicted molar refractivity (Wildman–Crippen MR) is 80.5 cm³/mol. The smallest absolute Gasteiger partial charge is 0.123 e. The molecule has 3 heteroatoms. The molecular weight excluding hydrogens is 253 g/mol. The molecule has 2 atom stereocenters. The Morgan fingerprint density at radius 3 is 3.05 bits per heavy atom. The Morgan fingerprint density at radius 2 is 2.35 bits per heavy atom. The summed E-state index contributed by atoms with van der Waals surface area (Å²) in [6.45, 7) is 4.91. The van der Waals surface area contributed by atoms with E-state index >= 15 is 0 Å². The molecule has 2 rings (SSSR count). The van der Waals surface area contributed by atoms with Gasteiger partial charge < -0.3 is 10.1 Å². The van der Waals surface area contributed by atoms with Crippen LogP contribution in [0.4, 0.5) is 4.39 Å². The van der Waals surface area contributed by atoms with E-state index in [1.807, 2.05) is 12.1 Å². The van der Waals surface area contributed by atoms with E-state index in [0.717, 1.165) is 44.5 Å². The molecule has 0 aliphatic carbocycles. The summed E-state index contributed by atoms with van der Waals surface area (Å²) in [5, 5.41) is 3.39. The highest BCUT2D eigenvalue weighted by molar-refractivity contribution is 5.21. The van der Waals surface area contributed by atoms with Crippen molar-refractivity contribution in [1.29, 1.82) is 0 Å². The summed E-state index contributed by atoms with van der Waals surface area (Å²) in [6, 6.07) is 7.04. The summed E-state index contributed by atoms with van der Waals surface area (Å²) in [5.74, 6) is 0.259. The number of likely N-dealkylation sites (N-methyl/N-ethyl adjacent to an activating group) is 1. The highest BCUT2D eigenvalue weighted by Crippen LogP contribution is 2.25. The number of hydrogen-bond donors (Lipinski definition) is 1. The summed E-state index contributed by atoms with van der Waals surface area (Å²) in [4.78, 5) is 0. The minimum atomic E-state index is -0.136. The third-order valence-electron chi connectivity index (χ3n) is 4.06. The van der Waals surface area contributed by atoms with Crippen molar-refractivity contribution >= 4 is 0 Å². The van der Waals surface area contributed by atoms with E-state index in [4.69, 9.17) is 4.74 Å². The lowest BCUT2D eigenvalue weighted by Crippen LogP contribution is -2.21. The van der Waals surface area contributed by atoms with E-state index in [-0.39, 0.29) is 5.82 Å². The second kappa shape index (κ2) is 8.38. The first-order valence-corrected chi connectivity index (χ1v) is 7.87. The molecule has 1 aliphatic rings. The second-order valence-corrected chi connectivity index (χ2v) is 5.63. The van der Waals surface area contributed by atoms with E-state index < -0.39 is 0 Å². The molecular formula is C17H26FNO. The van der Waals surface area contributed by atoms with Crippen molar-refractivity contribution < 1.29 is 9.13 Å². The predicted octanol–water partition coefficient (Wildman–Crippen LogP) is 3.87. The third-order valence-corrected chi connectivity index (χ3v) is 4.06. The SMILES string of the molecule is CCNCC(CCCC1CCCO1)c1cccc(F)c1. The Kier molecular flexibility index (Phi) is 6.48. The van der Waals surface area contributed by atoms with E-state index in [9.17, 15) is 4.39 Å². The zero-order valence-electron chi connectivity index (χ0n) is 12.4. The third kappa shape index (κ3) is 4.88. The standard InChI is InChI=1S/C17H26FNO/c1-2-19-13-15(14-6-3-8-16(18)12-14)7-4-9-17-10-5-11-20-17/h3,6,8,12,15,17,19H,2,4-5,7,9-11,13H2,1H3. The molecule has 2 nitrogen and oxygen atoms in total. The van der Waals surface area contributed by atoms with Crippen LogP contribution >= 0.6 is 0 Å². The molecule has 1 saturated heterocycles. The van der Waals surface area contributed by atoms with Crippen molar-refractivity contribution in [2.75, 3.05) is 19.7 Å². The largest absolute Gasteiger partial charge is 0.378 e. The molecule has 0 saturated carbocycles. The fourth-order valence-electron chi connectivity index (χ4n) is 2.93. The Hall–Kier alpha value is -0.930. The maximum Gasteiger partial charge on any atom is 0.123 e. The van der Waals surface area contributed by atoms with E-state index in [1.165, 1.54) is 18.9 Å². The molecule has 0 radical (unpaired) electrons. The molecule has 112 valence electrons. The van der Waals surface area contributed by atoms with Gasteiger partial charge in [-0.1, -0.05) is 25.5 Å². The van der Waals surface area contributed by atoms with Gasteiger partial charge in [-0.15, -0.1) is 0 Å². The Balaban J connectivity index is 1.85. The maximum absolute atomic E-state index is 13.4. The Bertz CT molecular complexity index is 390. The fourth-order valence-corrected chi connectivity index (χ4v) is 2.93. The van der Waals surface area contributed by atoms with Crippen LogP contribution < -0.4 is 5.32 Å². The molecule has 1 aromatic rings. The van der Waals surface area contributed by atoms with Crippen LogP contribution in [0.3, 0.4) is 0 Å². The van der Waals surface area contributed by atoms with E-state index in [1.54, 1.807) is 6.07 Å². The molecule has 1 aliphatic heterocycles. The van der Waals surface area contributed by atoms with E-state index in [2.05, 4.69) is 12.2 Å². The molecule has 1 fully saturated rings. The van der Waals surface area contributed by atoms with Gasteiger partial charge in [-0.05, 0) is 55.8 Å². The number of halogens is 1. The normalized spacial score (nSPS) is 20.2. The van der Waals surface area contributed by atoms with Gasteiger partial charge in [0.1, 0.15) is 5.82 Å². The monoisotopic (exact) mass is 279 g/mol. The molecule has 0 bridgehead atoms. The van der Waals surface area contributed by atoms with Crippen molar-refractivity contribution in [3.63, 3.8) is 0 Å². The van der Waals surface area contributed by atoms with Gasteiger partial charge in [0.05, 0.1) is 6.10 Å². The number of rotatable bonds is 8. The van der Waals surface area contributed by atoms with E-state index in [0.29, 0.717) is 12.0 Å². The minimum Gasteiger partial charge on any atom is -0.378 e. The molecule has 1 N–H and O–H groups in total. The van der Waals surface area contributed by atoms with Gasteiger partial charge in [0.15, 0.2) is 0 Å².